The van der Waals surface area contributed by atoms with Crippen LogP contribution in [-0.4, -0.2) is 38.1 Å². The number of aromatic amines is 1. The number of halogens is 1. The van der Waals surface area contributed by atoms with E-state index in [-0.39, 0.29) is 42.1 Å². The number of anilines is 2. The van der Waals surface area contributed by atoms with E-state index in [9.17, 15) is 18.8 Å². The maximum absolute atomic E-state index is 13.3. The number of benzene rings is 1. The number of amides is 2. The van der Waals surface area contributed by atoms with Crippen molar-refractivity contribution in [3.8, 4) is 17.4 Å². The number of nitrogens with zero attached hydrogens (tertiary/aromatic N) is 4. The number of rotatable bonds is 5. The van der Waals surface area contributed by atoms with Crippen LogP contribution in [0.4, 0.5) is 15.9 Å². The molecule has 11 heteroatoms. The zero-order chi connectivity index (χ0) is 24.8. The summed E-state index contributed by atoms with van der Waals surface area (Å²) in [7, 11) is 0. The van der Waals surface area contributed by atoms with Gasteiger partial charge < -0.3 is 14.6 Å². The Balaban J connectivity index is 1.30. The second-order valence-corrected chi connectivity index (χ2v) is 8.84. The summed E-state index contributed by atoms with van der Waals surface area (Å²) in [5.74, 6) is -0.709. The van der Waals surface area contributed by atoms with E-state index in [0.717, 1.165) is 12.1 Å². The van der Waals surface area contributed by atoms with Gasteiger partial charge in [-0.3, -0.25) is 19.4 Å². The minimum absolute atomic E-state index is 0.0102. The maximum Gasteiger partial charge on any atom is 0.255 e. The summed E-state index contributed by atoms with van der Waals surface area (Å²) in [4.78, 5) is 47.2. The number of carbonyl (C=O) groups is 2. The number of carbonyl (C=O) groups excluding carboxylic acids is 2. The minimum atomic E-state index is -0.634. The van der Waals surface area contributed by atoms with Crippen molar-refractivity contribution in [2.45, 2.75) is 25.7 Å². The van der Waals surface area contributed by atoms with E-state index in [2.05, 4.69) is 20.4 Å². The van der Waals surface area contributed by atoms with E-state index in [1.54, 1.807) is 18.2 Å². The average Bonchev–Trinajstić information content (AvgIpc) is 3.66. The van der Waals surface area contributed by atoms with Gasteiger partial charge in [0.2, 0.25) is 17.8 Å². The van der Waals surface area contributed by atoms with E-state index < -0.39 is 11.7 Å². The Kier molecular flexibility index (Phi) is 5.24. The second kappa shape index (κ2) is 8.59. The molecule has 6 rings (SSSR count). The number of nitrogens with one attached hydrogen (secondary N) is 2. The first-order valence-electron chi connectivity index (χ1n) is 11.6. The van der Waals surface area contributed by atoms with Crippen molar-refractivity contribution in [1.29, 1.82) is 0 Å². The smallest absolute Gasteiger partial charge is 0.255 e. The molecule has 0 spiro atoms. The molecule has 0 saturated carbocycles. The lowest BCUT2D eigenvalue weighted by Gasteiger charge is -2.16. The Morgan fingerprint density at radius 1 is 1.17 bits per heavy atom. The van der Waals surface area contributed by atoms with Gasteiger partial charge in [0.1, 0.15) is 17.3 Å². The Labute approximate surface area is 203 Å². The summed E-state index contributed by atoms with van der Waals surface area (Å²) in [6.45, 7) is 0.156. The number of aryl methyl sites for hydroxylation is 1. The molecule has 0 bridgehead atoms. The molecule has 1 aliphatic heterocycles. The molecule has 1 aliphatic carbocycles. The van der Waals surface area contributed by atoms with Crippen molar-refractivity contribution in [3.63, 3.8) is 0 Å². The van der Waals surface area contributed by atoms with Crippen LogP contribution in [-0.2, 0) is 22.4 Å². The van der Waals surface area contributed by atoms with Crippen LogP contribution in [0.25, 0.3) is 17.4 Å². The fourth-order valence-electron chi connectivity index (χ4n) is 4.69. The largest absolute Gasteiger partial charge is 0.463 e. The fourth-order valence-corrected chi connectivity index (χ4v) is 4.69. The molecule has 1 aromatic carbocycles. The minimum Gasteiger partial charge on any atom is -0.463 e. The number of H-pyrrole nitrogens is 1. The van der Waals surface area contributed by atoms with Crippen LogP contribution < -0.4 is 15.8 Å². The van der Waals surface area contributed by atoms with Crippen LogP contribution in [0.2, 0.25) is 0 Å². The van der Waals surface area contributed by atoms with Crippen LogP contribution in [0.15, 0.2) is 57.9 Å². The molecular weight excluding hydrogens is 467 g/mol. The molecule has 1 saturated heterocycles. The highest BCUT2D eigenvalue weighted by molar-refractivity contribution is 6.03. The third kappa shape index (κ3) is 3.88. The van der Waals surface area contributed by atoms with E-state index in [1.807, 2.05) is 0 Å². The number of furan rings is 1. The molecule has 3 aromatic heterocycles. The zero-order valence-electron chi connectivity index (χ0n) is 19.0. The van der Waals surface area contributed by atoms with Crippen molar-refractivity contribution in [2.24, 2.45) is 5.92 Å². The van der Waals surface area contributed by atoms with E-state index in [1.165, 1.54) is 40.1 Å². The molecule has 10 nitrogen and oxygen atoms in total. The third-order valence-electron chi connectivity index (χ3n) is 6.50. The Hall–Kier alpha value is -4.54. The van der Waals surface area contributed by atoms with Gasteiger partial charge in [-0.05, 0) is 55.7 Å². The van der Waals surface area contributed by atoms with Crippen molar-refractivity contribution >= 4 is 23.3 Å². The summed E-state index contributed by atoms with van der Waals surface area (Å²) < 4.78 is 20.1. The third-order valence-corrected chi connectivity index (χ3v) is 6.50. The Bertz CT molecular complexity index is 1520. The lowest BCUT2D eigenvalue weighted by molar-refractivity contribution is -0.122. The van der Waals surface area contributed by atoms with Gasteiger partial charge in [0.05, 0.1) is 17.9 Å². The summed E-state index contributed by atoms with van der Waals surface area (Å²) in [5, 5.41) is 7.36. The summed E-state index contributed by atoms with van der Waals surface area (Å²) in [6.07, 6.45) is 3.75. The van der Waals surface area contributed by atoms with Gasteiger partial charge in [0.15, 0.2) is 5.76 Å². The molecule has 36 heavy (non-hydrogen) atoms. The molecular formula is C25H21FN6O4. The molecule has 182 valence electrons. The van der Waals surface area contributed by atoms with Crippen molar-refractivity contribution in [3.05, 3.63) is 76.2 Å². The quantitative estimate of drug-likeness (QED) is 0.445. The van der Waals surface area contributed by atoms with Crippen LogP contribution in [0.5, 0.6) is 0 Å². The first kappa shape index (κ1) is 22.0. The maximum atomic E-state index is 13.3. The first-order valence-corrected chi connectivity index (χ1v) is 11.6. The highest BCUT2D eigenvalue weighted by Crippen LogP contribution is 2.28. The normalized spacial score (nSPS) is 17.0. The Morgan fingerprint density at radius 2 is 2.00 bits per heavy atom. The first-order chi connectivity index (χ1) is 17.5. The molecule has 1 unspecified atom stereocenters. The predicted octanol–water partition coefficient (Wildman–Crippen LogP) is 2.84. The number of aromatic nitrogens is 4. The Morgan fingerprint density at radius 3 is 2.78 bits per heavy atom. The van der Waals surface area contributed by atoms with Gasteiger partial charge in [0, 0.05) is 30.3 Å². The predicted molar refractivity (Wildman–Crippen MR) is 127 cm³/mol. The molecule has 1 atom stereocenters. The monoisotopic (exact) mass is 488 g/mol. The highest BCUT2D eigenvalue weighted by atomic mass is 19.1. The van der Waals surface area contributed by atoms with Crippen LogP contribution in [0, 0.1) is 11.7 Å². The van der Waals surface area contributed by atoms with Gasteiger partial charge in [-0.2, -0.15) is 9.78 Å². The molecule has 4 heterocycles. The number of hydrogen-bond donors (Lipinski definition) is 2. The lowest BCUT2D eigenvalue weighted by Crippen LogP contribution is -2.29. The van der Waals surface area contributed by atoms with Crippen LogP contribution >= 0.6 is 0 Å². The average molecular weight is 488 g/mol. The second-order valence-electron chi connectivity index (χ2n) is 8.84. The topological polar surface area (TPSA) is 126 Å². The zero-order valence-corrected chi connectivity index (χ0v) is 19.0. The van der Waals surface area contributed by atoms with Gasteiger partial charge in [-0.1, -0.05) is 0 Å². The van der Waals surface area contributed by atoms with Crippen LogP contribution in [0.3, 0.4) is 0 Å². The summed E-state index contributed by atoms with van der Waals surface area (Å²) in [6, 6.07) is 10.6. The molecule has 2 N–H and O–H groups in total. The molecule has 0 radical (unpaired) electrons. The van der Waals surface area contributed by atoms with E-state index in [4.69, 9.17) is 4.42 Å². The fraction of sp³-hybridized carbons (Fsp3) is 0.240. The summed E-state index contributed by atoms with van der Waals surface area (Å²) >= 11 is 0. The highest BCUT2D eigenvalue weighted by Gasteiger charge is 2.36. The van der Waals surface area contributed by atoms with Crippen molar-refractivity contribution in [1.82, 2.24) is 19.7 Å². The molecule has 4 aromatic rings. The van der Waals surface area contributed by atoms with Gasteiger partial charge in [-0.15, -0.1) is 0 Å². The van der Waals surface area contributed by atoms with Crippen molar-refractivity contribution < 1.29 is 18.4 Å². The molecule has 2 amide bonds. The molecule has 1 fully saturated rings. The number of fused-ring (bicyclic) bond motifs is 1. The summed E-state index contributed by atoms with van der Waals surface area (Å²) in [5.41, 5.74) is 2.14. The molecule has 2 aliphatic rings. The van der Waals surface area contributed by atoms with Gasteiger partial charge >= 0.3 is 0 Å². The SMILES string of the molecule is O=C(Nc1cc(-c2ccco2)nn1-c1nc2c(c(=O)[nH]1)CCC2)C1CC(=O)N(c2ccc(F)cc2)C1. The van der Waals surface area contributed by atoms with Crippen molar-refractivity contribution in [2.75, 3.05) is 16.8 Å². The van der Waals surface area contributed by atoms with E-state index in [0.29, 0.717) is 35.5 Å². The van der Waals surface area contributed by atoms with Gasteiger partial charge in [-0.25, -0.2) is 9.37 Å². The van der Waals surface area contributed by atoms with E-state index >= 15 is 0 Å². The lowest BCUT2D eigenvalue weighted by atomic mass is 10.1. The van der Waals surface area contributed by atoms with Gasteiger partial charge in [0.25, 0.3) is 5.56 Å². The number of hydrogen-bond acceptors (Lipinski definition) is 6. The standard InChI is InChI=1S/C25H21FN6O4/c26-15-6-8-16(9-7-15)31-13-14(11-22(31)33)23(34)28-21-12-19(20-5-2-10-36-20)30-32(21)25-27-18-4-1-3-17(18)24(35)29-25/h2,5-10,12,14H,1,3-4,11,13H2,(H,28,34)(H,27,29,35). The van der Waals surface area contributed by atoms with Crippen LogP contribution in [0.1, 0.15) is 24.1 Å².